The van der Waals surface area contributed by atoms with Crippen LogP contribution in [0, 0.1) is 0 Å². The van der Waals surface area contributed by atoms with Crippen molar-refractivity contribution < 1.29 is 9.53 Å². The van der Waals surface area contributed by atoms with E-state index in [2.05, 4.69) is 22.6 Å². The molecule has 5 heteroatoms. The molecular weight excluding hydrogens is 290 g/mol. The average molecular weight is 317 g/mol. The quantitative estimate of drug-likeness (QED) is 0.845. The van der Waals surface area contributed by atoms with Gasteiger partial charge in [0, 0.05) is 23.8 Å². The number of piperidine rings is 1. The molecule has 1 aromatic carbocycles. The lowest BCUT2D eigenvalue weighted by Gasteiger charge is -2.35. The Balaban J connectivity index is 1.48. The van der Waals surface area contributed by atoms with Crippen LogP contribution in [0.3, 0.4) is 0 Å². The third kappa shape index (κ3) is 4.24. The van der Waals surface area contributed by atoms with Crippen LogP contribution in [-0.2, 0) is 4.79 Å². The van der Waals surface area contributed by atoms with Crippen molar-refractivity contribution in [1.82, 2.24) is 10.2 Å². The van der Waals surface area contributed by atoms with Gasteiger partial charge in [-0.2, -0.15) is 0 Å². The minimum atomic E-state index is 0.0440. The summed E-state index contributed by atoms with van der Waals surface area (Å²) in [5.41, 5.74) is 0.817. The van der Waals surface area contributed by atoms with E-state index in [-0.39, 0.29) is 5.91 Å². The molecule has 0 aliphatic carbocycles. The average Bonchev–Trinajstić information content (AvgIpc) is 2.87. The molecule has 3 rings (SSSR count). The monoisotopic (exact) mass is 317 g/mol. The first-order valence-corrected chi connectivity index (χ1v) is 8.63. The predicted molar refractivity (Wildman–Crippen MR) is 91.8 cm³/mol. The van der Waals surface area contributed by atoms with E-state index in [0.717, 1.165) is 24.3 Å². The molecule has 1 aromatic rings. The molecule has 2 aliphatic rings. The topological polar surface area (TPSA) is 53.6 Å². The number of nitrogens with one attached hydrogen (secondary N) is 2. The molecule has 2 bridgehead atoms. The van der Waals surface area contributed by atoms with E-state index in [0.29, 0.717) is 31.3 Å². The second-order valence-corrected chi connectivity index (χ2v) is 6.68. The second-order valence-electron chi connectivity index (χ2n) is 6.68. The molecule has 2 heterocycles. The van der Waals surface area contributed by atoms with Crippen LogP contribution in [-0.4, -0.2) is 49.1 Å². The third-order valence-corrected chi connectivity index (χ3v) is 4.91. The number of rotatable bonds is 6. The number of anilines is 1. The number of hydrogen-bond acceptors (Lipinski definition) is 4. The molecule has 2 aliphatic heterocycles. The molecule has 0 aromatic heterocycles. The zero-order valence-electron chi connectivity index (χ0n) is 14.0. The van der Waals surface area contributed by atoms with E-state index in [1.807, 2.05) is 31.2 Å². The maximum absolute atomic E-state index is 12.3. The van der Waals surface area contributed by atoms with Crippen molar-refractivity contribution in [3.63, 3.8) is 0 Å². The molecule has 2 saturated heterocycles. The molecule has 2 fully saturated rings. The van der Waals surface area contributed by atoms with Crippen molar-refractivity contribution in [3.8, 4) is 5.75 Å². The lowest BCUT2D eigenvalue weighted by Crippen LogP contribution is -2.48. The highest BCUT2D eigenvalue weighted by Crippen LogP contribution is 2.29. The van der Waals surface area contributed by atoms with Crippen LogP contribution in [0.15, 0.2) is 24.3 Å². The Hall–Kier alpha value is -1.59. The van der Waals surface area contributed by atoms with Crippen LogP contribution < -0.4 is 15.4 Å². The standard InChI is InChI=1S/C18H27N3O2/c1-3-23-17-8-6-13(7-9-17)20-18(22)12-21(2)16-10-14-4-5-15(11-16)19-14/h6-9,14-16,19H,3-5,10-12H2,1-2H3,(H,20,22). The molecule has 2 atom stereocenters. The Morgan fingerprint density at radius 3 is 2.52 bits per heavy atom. The minimum Gasteiger partial charge on any atom is -0.494 e. The number of fused-ring (bicyclic) bond motifs is 2. The highest BCUT2D eigenvalue weighted by Gasteiger charge is 2.35. The van der Waals surface area contributed by atoms with Gasteiger partial charge >= 0.3 is 0 Å². The van der Waals surface area contributed by atoms with Crippen molar-refractivity contribution >= 4 is 11.6 Å². The normalized spacial score (nSPS) is 26.3. The molecule has 0 radical (unpaired) electrons. The molecule has 0 spiro atoms. The Morgan fingerprint density at radius 2 is 1.91 bits per heavy atom. The number of amides is 1. The molecule has 1 amide bonds. The summed E-state index contributed by atoms with van der Waals surface area (Å²) in [6.45, 7) is 3.05. The van der Waals surface area contributed by atoms with E-state index in [1.54, 1.807) is 0 Å². The van der Waals surface area contributed by atoms with Crippen molar-refractivity contribution in [3.05, 3.63) is 24.3 Å². The molecule has 126 valence electrons. The SMILES string of the molecule is CCOc1ccc(NC(=O)CN(C)C2CC3CCC(C2)N3)cc1. The van der Waals surface area contributed by atoms with E-state index in [4.69, 9.17) is 4.74 Å². The van der Waals surface area contributed by atoms with Crippen LogP contribution in [0.5, 0.6) is 5.75 Å². The van der Waals surface area contributed by atoms with E-state index in [9.17, 15) is 4.79 Å². The van der Waals surface area contributed by atoms with Gasteiger partial charge in [0.05, 0.1) is 13.2 Å². The van der Waals surface area contributed by atoms with Gasteiger partial charge in [-0.1, -0.05) is 0 Å². The van der Waals surface area contributed by atoms with Crippen molar-refractivity contribution in [1.29, 1.82) is 0 Å². The van der Waals surface area contributed by atoms with E-state index < -0.39 is 0 Å². The van der Waals surface area contributed by atoms with Gasteiger partial charge in [0.15, 0.2) is 0 Å². The van der Waals surface area contributed by atoms with Crippen LogP contribution >= 0.6 is 0 Å². The van der Waals surface area contributed by atoms with Crippen LogP contribution in [0.4, 0.5) is 5.69 Å². The summed E-state index contributed by atoms with van der Waals surface area (Å²) < 4.78 is 5.41. The van der Waals surface area contributed by atoms with Gasteiger partial charge in [0.2, 0.25) is 5.91 Å². The van der Waals surface area contributed by atoms with Gasteiger partial charge in [0.1, 0.15) is 5.75 Å². The minimum absolute atomic E-state index is 0.0440. The maximum Gasteiger partial charge on any atom is 0.238 e. The number of carbonyl (C=O) groups is 1. The van der Waals surface area contributed by atoms with Gasteiger partial charge < -0.3 is 15.4 Å². The lowest BCUT2D eigenvalue weighted by atomic mass is 9.98. The second kappa shape index (κ2) is 7.32. The first-order chi connectivity index (χ1) is 11.1. The summed E-state index contributed by atoms with van der Waals surface area (Å²) in [6.07, 6.45) is 4.88. The highest BCUT2D eigenvalue weighted by atomic mass is 16.5. The molecule has 2 unspecified atom stereocenters. The first-order valence-electron chi connectivity index (χ1n) is 8.63. The Morgan fingerprint density at radius 1 is 1.26 bits per heavy atom. The molecule has 23 heavy (non-hydrogen) atoms. The Kier molecular flexibility index (Phi) is 5.18. The Labute approximate surface area is 138 Å². The Bertz CT molecular complexity index is 520. The fourth-order valence-electron chi connectivity index (χ4n) is 3.74. The van der Waals surface area contributed by atoms with Gasteiger partial charge in [0.25, 0.3) is 0 Å². The largest absolute Gasteiger partial charge is 0.494 e. The van der Waals surface area contributed by atoms with Crippen molar-refractivity contribution in [2.24, 2.45) is 0 Å². The molecule has 0 saturated carbocycles. The number of hydrogen-bond donors (Lipinski definition) is 2. The number of nitrogens with zero attached hydrogens (tertiary/aromatic N) is 1. The number of ether oxygens (including phenoxy) is 1. The summed E-state index contributed by atoms with van der Waals surface area (Å²) in [4.78, 5) is 14.5. The van der Waals surface area contributed by atoms with E-state index >= 15 is 0 Å². The zero-order valence-corrected chi connectivity index (χ0v) is 14.0. The predicted octanol–water partition coefficient (Wildman–Crippen LogP) is 2.24. The van der Waals surface area contributed by atoms with E-state index in [1.165, 1.54) is 12.8 Å². The van der Waals surface area contributed by atoms with Gasteiger partial charge in [-0.15, -0.1) is 0 Å². The van der Waals surface area contributed by atoms with Gasteiger partial charge in [-0.3, -0.25) is 9.69 Å². The number of benzene rings is 1. The number of likely N-dealkylation sites (N-methyl/N-ethyl adjacent to an activating group) is 1. The van der Waals surface area contributed by atoms with Crippen LogP contribution in [0.2, 0.25) is 0 Å². The lowest BCUT2D eigenvalue weighted by molar-refractivity contribution is -0.117. The number of carbonyl (C=O) groups excluding carboxylic acids is 1. The van der Waals surface area contributed by atoms with Crippen LogP contribution in [0.1, 0.15) is 32.6 Å². The fourth-order valence-corrected chi connectivity index (χ4v) is 3.74. The smallest absolute Gasteiger partial charge is 0.238 e. The summed E-state index contributed by atoms with van der Waals surface area (Å²) >= 11 is 0. The highest BCUT2D eigenvalue weighted by molar-refractivity contribution is 5.92. The van der Waals surface area contributed by atoms with Crippen molar-refractivity contribution in [2.45, 2.75) is 50.7 Å². The van der Waals surface area contributed by atoms with Crippen LogP contribution in [0.25, 0.3) is 0 Å². The van der Waals surface area contributed by atoms with Crippen molar-refractivity contribution in [2.75, 3.05) is 25.5 Å². The summed E-state index contributed by atoms with van der Waals surface area (Å²) in [7, 11) is 2.06. The summed E-state index contributed by atoms with van der Waals surface area (Å²) in [5, 5.41) is 6.61. The van der Waals surface area contributed by atoms with Gasteiger partial charge in [-0.25, -0.2) is 0 Å². The molecular formula is C18H27N3O2. The zero-order chi connectivity index (χ0) is 16.2. The first kappa shape index (κ1) is 16.3. The third-order valence-electron chi connectivity index (χ3n) is 4.91. The summed E-state index contributed by atoms with van der Waals surface area (Å²) in [6, 6.07) is 9.34. The molecule has 2 N–H and O–H groups in total. The fraction of sp³-hybridized carbons (Fsp3) is 0.611. The van der Waals surface area contributed by atoms with Gasteiger partial charge in [-0.05, 0) is 63.9 Å². The summed E-state index contributed by atoms with van der Waals surface area (Å²) in [5.74, 6) is 0.871. The maximum atomic E-state index is 12.3. The molecule has 5 nitrogen and oxygen atoms in total.